The van der Waals surface area contributed by atoms with Gasteiger partial charge in [-0.05, 0) is 85.3 Å². The van der Waals surface area contributed by atoms with E-state index in [-0.39, 0.29) is 45.3 Å². The maximum absolute atomic E-state index is 14.0. The number of rotatable bonds is 16. The lowest BCUT2D eigenvalue weighted by Gasteiger charge is -2.38. The second-order valence-electron chi connectivity index (χ2n) is 24.7. The van der Waals surface area contributed by atoms with Crippen molar-refractivity contribution in [3.8, 4) is 0 Å². The van der Waals surface area contributed by atoms with Gasteiger partial charge in [-0.2, -0.15) is 0 Å². The van der Waals surface area contributed by atoms with Crippen LogP contribution in [0.1, 0.15) is 89.3 Å². The fraction of sp³-hybridized carbons (Fsp3) is 0.373. The first kappa shape index (κ1) is 65.0. The minimum atomic E-state index is -0.863. The van der Waals surface area contributed by atoms with E-state index in [1.807, 2.05) is 69.1 Å². The molecule has 4 aromatic carbocycles. The Morgan fingerprint density at radius 2 is 0.979 bits per heavy atom. The number of nitrogens with one attached hydrogen (secondary N) is 2. The fourth-order valence-corrected chi connectivity index (χ4v) is 16.0. The first-order chi connectivity index (χ1) is 45.9. The molecule has 8 aliphatic rings. The molecule has 8 heterocycles. The van der Waals surface area contributed by atoms with Crippen LogP contribution in [0.15, 0.2) is 141 Å². The second kappa shape index (κ2) is 26.9. The molecule has 4 amide bonds. The molecule has 2 saturated carbocycles. The number of methoxy groups -OCH3 is 2. The number of piperazine rings is 2. The van der Waals surface area contributed by atoms with E-state index in [0.717, 1.165) is 41.8 Å². The van der Waals surface area contributed by atoms with Crippen LogP contribution in [0, 0.1) is 11.6 Å². The molecule has 0 unspecified atom stereocenters. The Morgan fingerprint density at radius 3 is 1.32 bits per heavy atom. The molecule has 6 aliphatic heterocycles. The van der Waals surface area contributed by atoms with Gasteiger partial charge in [-0.3, -0.25) is 39.2 Å². The third kappa shape index (κ3) is 12.4. The summed E-state index contributed by atoms with van der Waals surface area (Å²) in [7, 11) is 2.60. The van der Waals surface area contributed by atoms with E-state index in [1.165, 1.54) is 73.3 Å². The summed E-state index contributed by atoms with van der Waals surface area (Å²) in [5, 5.41) is 31.6. The third-order valence-corrected chi connectivity index (χ3v) is 21.6. The first-order valence-corrected chi connectivity index (χ1v) is 33.7. The monoisotopic (exact) mass is 1370 g/mol. The zero-order valence-electron chi connectivity index (χ0n) is 51.7. The summed E-state index contributed by atoms with van der Waals surface area (Å²) in [4.78, 5) is 108. The first-order valence-electron chi connectivity index (χ1n) is 31.2. The van der Waals surface area contributed by atoms with Crippen LogP contribution < -0.4 is 20.4 Å². The SMILES string of the molecule is COC(=O)C1=C(CN2CCN3C(=O)N(c4ccc(C5(C(=O)O)CCC5)cc4)C[C@@H]3C2)NC(c2nccs2)=N[C@H]1c1ccc(F)cc1Cl.COC(=O)C1=C(CN2CCN3C(=O)N(c4ccc(C5(C(=O)O)CCCC5)cc4)C[C@@H]3C2)NC(c2nccs2)=N[C@H]1c1ccc(F)cc1Cl. The Kier molecular flexibility index (Phi) is 18.4. The number of nitrogens with zero attached hydrogens (tertiary/aromatic N) is 10. The predicted molar refractivity (Wildman–Crippen MR) is 353 cm³/mol. The Morgan fingerprint density at radius 1 is 0.579 bits per heavy atom. The lowest BCUT2D eigenvalue weighted by Crippen LogP contribution is -2.53. The van der Waals surface area contributed by atoms with Crippen LogP contribution in [0.3, 0.4) is 0 Å². The van der Waals surface area contributed by atoms with Crippen molar-refractivity contribution >= 4 is 105 Å². The number of carboxylic acid groups (broad SMARTS) is 2. The molecule has 4 saturated heterocycles. The number of hydrogen-bond acceptors (Lipinski definition) is 18. The number of fused-ring (bicyclic) bond motifs is 2. The predicted octanol–water partition coefficient (Wildman–Crippen LogP) is 9.56. The molecule has 6 fully saturated rings. The highest BCUT2D eigenvalue weighted by atomic mass is 35.5. The molecule has 2 aliphatic carbocycles. The number of aliphatic imine (C=N–C) groups is 2. The Hall–Kier alpha value is -8.66. The van der Waals surface area contributed by atoms with Gasteiger partial charge in [0.2, 0.25) is 0 Å². The summed E-state index contributed by atoms with van der Waals surface area (Å²) in [6.45, 7) is 4.78. The molecule has 2 aromatic heterocycles. The van der Waals surface area contributed by atoms with E-state index < -0.39 is 58.4 Å². The maximum atomic E-state index is 14.0. The normalized spacial score (nSPS) is 22.4. The van der Waals surface area contributed by atoms with Crippen molar-refractivity contribution in [1.29, 1.82) is 0 Å². The summed E-state index contributed by atoms with van der Waals surface area (Å²) in [6, 6.07) is 20.6. The van der Waals surface area contributed by atoms with Gasteiger partial charge < -0.3 is 40.1 Å². The molecular formula is C67H66Cl2F2N12O10S2. The Labute approximate surface area is 563 Å². The summed E-state index contributed by atoms with van der Waals surface area (Å²) < 4.78 is 38.4. The van der Waals surface area contributed by atoms with Crippen molar-refractivity contribution in [2.24, 2.45) is 9.98 Å². The number of carbonyl (C=O) groups is 6. The van der Waals surface area contributed by atoms with Gasteiger partial charge >= 0.3 is 35.9 Å². The molecule has 14 rings (SSSR count). The zero-order chi connectivity index (χ0) is 66.4. The molecule has 0 spiro atoms. The van der Waals surface area contributed by atoms with Gasteiger partial charge in [0.15, 0.2) is 21.7 Å². The van der Waals surface area contributed by atoms with Crippen molar-refractivity contribution < 1.29 is 57.2 Å². The number of carbonyl (C=O) groups excluding carboxylic acids is 4. The van der Waals surface area contributed by atoms with Gasteiger partial charge in [-0.1, -0.05) is 78.9 Å². The molecule has 4 atom stereocenters. The molecule has 22 nitrogen and oxygen atoms in total. The van der Waals surface area contributed by atoms with Crippen LogP contribution in [0.5, 0.6) is 0 Å². The van der Waals surface area contributed by atoms with Gasteiger partial charge in [0.05, 0.1) is 48.3 Å². The van der Waals surface area contributed by atoms with Gasteiger partial charge in [-0.15, -0.1) is 22.7 Å². The minimum Gasteiger partial charge on any atom is -0.481 e. The number of anilines is 2. The van der Waals surface area contributed by atoms with E-state index in [2.05, 4.69) is 30.4 Å². The van der Waals surface area contributed by atoms with Crippen molar-refractivity contribution in [1.82, 2.24) is 40.2 Å². The molecule has 0 bridgehead atoms. The van der Waals surface area contributed by atoms with Crippen LogP contribution in [-0.4, -0.2) is 179 Å². The third-order valence-electron chi connectivity index (χ3n) is 19.4. The summed E-state index contributed by atoms with van der Waals surface area (Å²) in [5.74, 6) is -2.85. The number of halogens is 4. The molecule has 494 valence electrons. The number of thiazole rings is 2. The van der Waals surface area contributed by atoms with Crippen molar-refractivity contribution in [2.45, 2.75) is 79.9 Å². The number of benzene rings is 4. The van der Waals surface area contributed by atoms with Crippen LogP contribution in [-0.2, 0) is 39.5 Å². The van der Waals surface area contributed by atoms with Gasteiger partial charge in [-0.25, -0.2) is 37.9 Å². The minimum absolute atomic E-state index is 0.0873. The summed E-state index contributed by atoms with van der Waals surface area (Å²) in [6.07, 6.45) is 8.47. The molecule has 28 heteroatoms. The number of esters is 2. The smallest absolute Gasteiger partial charge is 0.338 e. The van der Waals surface area contributed by atoms with E-state index in [0.29, 0.717) is 135 Å². The maximum Gasteiger partial charge on any atom is 0.338 e. The lowest BCUT2D eigenvalue weighted by atomic mass is 9.64. The number of carboxylic acids is 2. The Balaban J connectivity index is 0.000000172. The second-order valence-corrected chi connectivity index (χ2v) is 27.3. The number of hydrogen-bond donors (Lipinski definition) is 4. The van der Waals surface area contributed by atoms with Gasteiger partial charge in [0.25, 0.3) is 0 Å². The molecular weight excluding hydrogens is 1310 g/mol. The number of aromatic nitrogens is 2. The molecule has 6 aromatic rings. The summed E-state index contributed by atoms with van der Waals surface area (Å²) >= 11 is 15.8. The average Bonchev–Trinajstić information content (AvgIpc) is 1.64. The van der Waals surface area contributed by atoms with Crippen molar-refractivity contribution in [3.63, 3.8) is 0 Å². The standard InChI is InChI=1S/C34H34ClFN6O5S.C33H32ClFN6O5S/c1-47-31(43)27-26(38-29(30-37-12-15-48-30)39-28(27)24-9-6-21(36)16-25(24)35)19-40-13-14-41-23(17-40)18-42(33(41)46)22-7-4-20(5-8-22)34(32(44)45)10-2-3-11-34;1-46-30(42)26-25(37-28(29-36-11-14-47-29)38-27(26)23-8-5-20(35)15-24(23)34)18-39-12-13-40-22(16-39)17-41(32(40)45)21-6-3-19(4-7-21)33(31(43)44)9-2-10-33/h4-9,12,15-16,23,28H,2-3,10-11,13-14,17-19H2,1H3,(H,38,39)(H,44,45);3-8,11,14-15,22,27H,2,9-10,12-13,16-18H2,1H3,(H,37,38)(H,43,44)/t23-,28-;22-,27-/m00/s1. The lowest BCUT2D eigenvalue weighted by molar-refractivity contribution is -0.147. The van der Waals surface area contributed by atoms with Crippen LogP contribution in [0.4, 0.5) is 29.7 Å². The van der Waals surface area contributed by atoms with E-state index >= 15 is 0 Å². The van der Waals surface area contributed by atoms with Crippen LogP contribution >= 0.6 is 45.9 Å². The fourth-order valence-electron chi connectivity index (χ4n) is 14.3. The van der Waals surface area contributed by atoms with Gasteiger partial charge in [0.1, 0.15) is 23.7 Å². The highest BCUT2D eigenvalue weighted by Gasteiger charge is 2.48. The molecule has 95 heavy (non-hydrogen) atoms. The largest absolute Gasteiger partial charge is 0.481 e. The number of aliphatic carboxylic acids is 2. The van der Waals surface area contributed by atoms with E-state index in [1.54, 1.807) is 22.2 Å². The Bertz CT molecular complexity index is 4130. The zero-order valence-corrected chi connectivity index (χ0v) is 54.8. The summed E-state index contributed by atoms with van der Waals surface area (Å²) in [5.41, 5.74) is 3.90. The average molecular weight is 1370 g/mol. The number of amides is 4. The highest BCUT2D eigenvalue weighted by molar-refractivity contribution is 7.12. The van der Waals surface area contributed by atoms with E-state index in [9.17, 15) is 47.8 Å². The number of amidine groups is 2. The molecule has 0 radical (unpaired) electrons. The van der Waals surface area contributed by atoms with Crippen LogP contribution in [0.2, 0.25) is 10.0 Å². The molecule has 4 N–H and O–H groups in total. The number of urea groups is 2. The van der Waals surface area contributed by atoms with Gasteiger partial charge in [0, 0.05) is 133 Å². The number of ether oxygens (including phenoxy) is 2. The van der Waals surface area contributed by atoms with Crippen molar-refractivity contribution in [2.75, 3.05) is 89.5 Å². The highest BCUT2D eigenvalue weighted by Crippen LogP contribution is 2.46. The quantitative estimate of drug-likeness (QED) is 0.0658. The topological polar surface area (TPSA) is 255 Å². The van der Waals surface area contributed by atoms with E-state index in [4.69, 9.17) is 42.7 Å². The van der Waals surface area contributed by atoms with Crippen LogP contribution in [0.25, 0.3) is 0 Å². The van der Waals surface area contributed by atoms with Crippen molar-refractivity contribution in [3.05, 3.63) is 185 Å².